The zero-order valence-corrected chi connectivity index (χ0v) is 24.4. The van der Waals surface area contributed by atoms with Crippen molar-refractivity contribution in [3.05, 3.63) is 71.9 Å². The summed E-state index contributed by atoms with van der Waals surface area (Å²) in [4.78, 5) is 47.6. The third-order valence-corrected chi connectivity index (χ3v) is 7.88. The Labute approximate surface area is 237 Å². The van der Waals surface area contributed by atoms with Gasteiger partial charge in [-0.05, 0) is 56.3 Å². The van der Waals surface area contributed by atoms with Crippen LogP contribution >= 0.6 is 0 Å². The van der Waals surface area contributed by atoms with Crippen molar-refractivity contribution in [2.75, 3.05) is 26.7 Å². The Balaban J connectivity index is 1.56. The highest BCUT2D eigenvalue weighted by molar-refractivity contribution is 5.98. The molecule has 0 bridgehead atoms. The molecule has 8 nitrogen and oxygen atoms in total. The lowest BCUT2D eigenvalue weighted by atomic mass is 9.85. The summed E-state index contributed by atoms with van der Waals surface area (Å²) in [6.45, 7) is 9.27. The average Bonchev–Trinajstić information content (AvgIpc) is 3.59. The topological polar surface area (TPSA) is 97.5 Å². The van der Waals surface area contributed by atoms with Gasteiger partial charge in [-0.25, -0.2) is 0 Å². The van der Waals surface area contributed by atoms with Crippen LogP contribution in [0.5, 0.6) is 0 Å². The molecule has 3 unspecified atom stereocenters. The van der Waals surface area contributed by atoms with Crippen LogP contribution in [0.25, 0.3) is 10.9 Å². The highest BCUT2D eigenvalue weighted by Crippen LogP contribution is 2.27. The van der Waals surface area contributed by atoms with Gasteiger partial charge >= 0.3 is 0 Å². The molecule has 1 aliphatic rings. The standard InChI is InChI=1S/C32H43N5O3/c1-22(33-5)29(38)35-28(32(2,3)4)31(40)37-18-11-15-25(37)21-36(19-17-23-12-7-6-8-13-23)30(39)27-20-24-14-9-10-16-26(24)34-27/h6-10,12-14,16,20,22,25,28,33-34H,11,15,17-19,21H2,1-5H3,(H,35,38). The van der Waals surface area contributed by atoms with Crippen LogP contribution in [-0.2, 0) is 16.0 Å². The molecule has 1 aliphatic heterocycles. The molecule has 8 heteroatoms. The van der Waals surface area contributed by atoms with Crippen molar-refractivity contribution in [2.45, 2.75) is 65.1 Å². The number of para-hydroxylation sites is 1. The van der Waals surface area contributed by atoms with Gasteiger partial charge in [0, 0.05) is 36.6 Å². The molecule has 4 rings (SSSR count). The molecule has 2 heterocycles. The summed E-state index contributed by atoms with van der Waals surface area (Å²) in [6, 6.07) is 18.7. The Bertz CT molecular complexity index is 1280. The number of nitrogens with zero attached hydrogens (tertiary/aromatic N) is 2. The van der Waals surface area contributed by atoms with Crippen LogP contribution in [0.3, 0.4) is 0 Å². The van der Waals surface area contributed by atoms with Crippen LogP contribution in [-0.4, -0.2) is 77.3 Å². The molecule has 0 aliphatic carbocycles. The molecule has 3 atom stereocenters. The van der Waals surface area contributed by atoms with Crippen molar-refractivity contribution >= 4 is 28.6 Å². The van der Waals surface area contributed by atoms with Crippen LogP contribution in [0.1, 0.15) is 56.6 Å². The van der Waals surface area contributed by atoms with Crippen LogP contribution < -0.4 is 10.6 Å². The van der Waals surface area contributed by atoms with E-state index in [4.69, 9.17) is 0 Å². The van der Waals surface area contributed by atoms with Crippen molar-refractivity contribution in [1.82, 2.24) is 25.4 Å². The number of benzene rings is 2. The number of aromatic amines is 1. The van der Waals surface area contributed by atoms with Gasteiger partial charge < -0.3 is 25.4 Å². The highest BCUT2D eigenvalue weighted by Gasteiger charge is 2.40. The maximum atomic E-state index is 13.9. The van der Waals surface area contributed by atoms with Crippen molar-refractivity contribution in [3.8, 4) is 0 Å². The van der Waals surface area contributed by atoms with Crippen LogP contribution in [0.15, 0.2) is 60.7 Å². The lowest BCUT2D eigenvalue weighted by molar-refractivity contribution is -0.140. The zero-order chi connectivity index (χ0) is 28.9. The largest absolute Gasteiger partial charge is 0.351 e. The van der Waals surface area contributed by atoms with Gasteiger partial charge in [0.2, 0.25) is 11.8 Å². The first-order valence-electron chi connectivity index (χ1n) is 14.3. The van der Waals surface area contributed by atoms with Gasteiger partial charge in [0.05, 0.1) is 6.04 Å². The van der Waals surface area contributed by atoms with E-state index in [-0.39, 0.29) is 23.8 Å². The molecular formula is C32H43N5O3. The second-order valence-electron chi connectivity index (χ2n) is 11.9. The molecule has 0 spiro atoms. The van der Waals surface area contributed by atoms with E-state index in [1.54, 1.807) is 14.0 Å². The molecule has 3 N–H and O–H groups in total. The van der Waals surface area contributed by atoms with E-state index < -0.39 is 17.5 Å². The summed E-state index contributed by atoms with van der Waals surface area (Å²) >= 11 is 0. The van der Waals surface area contributed by atoms with Gasteiger partial charge in [0.25, 0.3) is 5.91 Å². The summed E-state index contributed by atoms with van der Waals surface area (Å²) in [5.74, 6) is -0.368. The summed E-state index contributed by atoms with van der Waals surface area (Å²) < 4.78 is 0. The van der Waals surface area contributed by atoms with Crippen LogP contribution in [0.2, 0.25) is 0 Å². The fourth-order valence-corrected chi connectivity index (χ4v) is 5.33. The second kappa shape index (κ2) is 12.7. The minimum atomic E-state index is -0.668. The van der Waals surface area contributed by atoms with Crippen LogP contribution in [0, 0.1) is 5.41 Å². The van der Waals surface area contributed by atoms with Crippen molar-refractivity contribution in [3.63, 3.8) is 0 Å². The van der Waals surface area contributed by atoms with E-state index in [2.05, 4.69) is 27.8 Å². The minimum Gasteiger partial charge on any atom is -0.351 e. The van der Waals surface area contributed by atoms with Crippen LogP contribution in [0.4, 0.5) is 0 Å². The number of carbonyl (C=O) groups excluding carboxylic acids is 3. The van der Waals surface area contributed by atoms with Gasteiger partial charge in [-0.3, -0.25) is 14.4 Å². The third kappa shape index (κ3) is 6.91. The SMILES string of the molecule is CNC(C)C(=O)NC(C(=O)N1CCCC1CN(CCc1ccccc1)C(=O)c1cc2ccccc2[nH]1)C(C)(C)C. The maximum absolute atomic E-state index is 13.9. The van der Waals surface area contributed by atoms with Crippen molar-refractivity contribution in [1.29, 1.82) is 0 Å². The fourth-order valence-electron chi connectivity index (χ4n) is 5.33. The number of hydrogen-bond donors (Lipinski definition) is 3. The van der Waals surface area contributed by atoms with E-state index in [1.165, 1.54) is 0 Å². The quantitative estimate of drug-likeness (QED) is 0.359. The first-order valence-corrected chi connectivity index (χ1v) is 14.3. The zero-order valence-electron chi connectivity index (χ0n) is 24.4. The Kier molecular flexibility index (Phi) is 9.30. The van der Waals surface area contributed by atoms with E-state index in [0.29, 0.717) is 25.3 Å². The number of aromatic nitrogens is 1. The molecule has 3 aromatic rings. The fraction of sp³-hybridized carbons (Fsp3) is 0.469. The molecule has 40 heavy (non-hydrogen) atoms. The number of rotatable bonds is 10. The lowest BCUT2D eigenvalue weighted by Crippen LogP contribution is -2.59. The number of amides is 3. The molecule has 1 aromatic heterocycles. The first-order chi connectivity index (χ1) is 19.1. The van der Waals surface area contributed by atoms with Gasteiger partial charge in [0.15, 0.2) is 0 Å². The Morgan fingerprint density at radius 3 is 2.45 bits per heavy atom. The van der Waals surface area contributed by atoms with E-state index in [0.717, 1.165) is 35.7 Å². The summed E-state index contributed by atoms with van der Waals surface area (Å²) in [5.41, 5.74) is 2.16. The highest BCUT2D eigenvalue weighted by atomic mass is 16.2. The van der Waals surface area contributed by atoms with Gasteiger partial charge in [-0.2, -0.15) is 0 Å². The van der Waals surface area contributed by atoms with E-state index in [9.17, 15) is 14.4 Å². The van der Waals surface area contributed by atoms with E-state index >= 15 is 0 Å². The lowest BCUT2D eigenvalue weighted by Gasteiger charge is -2.37. The number of carbonyl (C=O) groups is 3. The average molecular weight is 546 g/mol. The predicted octanol–water partition coefficient (Wildman–Crippen LogP) is 3.98. The number of likely N-dealkylation sites (tertiary alicyclic amines) is 1. The minimum absolute atomic E-state index is 0.0741. The van der Waals surface area contributed by atoms with Crippen molar-refractivity contribution < 1.29 is 14.4 Å². The monoisotopic (exact) mass is 545 g/mol. The van der Waals surface area contributed by atoms with E-state index in [1.807, 2.05) is 79.1 Å². The molecule has 2 aromatic carbocycles. The third-order valence-electron chi connectivity index (χ3n) is 7.88. The number of likely N-dealkylation sites (N-methyl/N-ethyl adjacent to an activating group) is 1. The predicted molar refractivity (Wildman–Crippen MR) is 159 cm³/mol. The molecule has 1 saturated heterocycles. The smallest absolute Gasteiger partial charge is 0.270 e. The molecule has 3 amide bonds. The molecular weight excluding hydrogens is 502 g/mol. The molecule has 214 valence electrons. The molecule has 1 fully saturated rings. The molecule has 0 saturated carbocycles. The first kappa shape index (κ1) is 29.3. The summed E-state index contributed by atoms with van der Waals surface area (Å²) in [6.07, 6.45) is 2.39. The number of hydrogen-bond acceptors (Lipinski definition) is 4. The Hall–Kier alpha value is -3.65. The summed E-state index contributed by atoms with van der Waals surface area (Å²) in [5, 5.41) is 6.93. The van der Waals surface area contributed by atoms with Gasteiger partial charge in [-0.15, -0.1) is 0 Å². The Morgan fingerprint density at radius 2 is 1.77 bits per heavy atom. The number of nitrogens with one attached hydrogen (secondary N) is 3. The summed E-state index contributed by atoms with van der Waals surface area (Å²) in [7, 11) is 1.73. The maximum Gasteiger partial charge on any atom is 0.270 e. The molecule has 0 radical (unpaired) electrons. The second-order valence-corrected chi connectivity index (χ2v) is 11.9. The van der Waals surface area contributed by atoms with Gasteiger partial charge in [0.1, 0.15) is 11.7 Å². The normalized spacial score (nSPS) is 17.0. The Morgan fingerprint density at radius 1 is 1.07 bits per heavy atom. The van der Waals surface area contributed by atoms with Gasteiger partial charge in [-0.1, -0.05) is 69.3 Å². The number of H-pyrrole nitrogens is 1. The van der Waals surface area contributed by atoms with Crippen molar-refractivity contribution in [2.24, 2.45) is 5.41 Å². The number of fused-ring (bicyclic) bond motifs is 1.